The zero-order chi connectivity index (χ0) is 26.7. The molecule has 1 N–H and O–H groups in total. The van der Waals surface area contributed by atoms with Gasteiger partial charge >= 0.3 is 5.97 Å². The summed E-state index contributed by atoms with van der Waals surface area (Å²) in [6.45, 7) is 10.6. The minimum atomic E-state index is -1.04. The predicted octanol–water partition coefficient (Wildman–Crippen LogP) is 3.31. The Morgan fingerprint density at radius 3 is 2.73 bits per heavy atom. The molecule has 202 valence electrons. The van der Waals surface area contributed by atoms with Gasteiger partial charge in [-0.25, -0.2) is 0 Å². The Morgan fingerprint density at radius 2 is 2.03 bits per heavy atom. The average molecular weight is 513 g/mol. The van der Waals surface area contributed by atoms with Gasteiger partial charge in [0.05, 0.1) is 24.5 Å². The van der Waals surface area contributed by atoms with Crippen LogP contribution in [0.25, 0.3) is 0 Å². The third kappa shape index (κ3) is 4.81. The van der Waals surface area contributed by atoms with Crippen molar-refractivity contribution in [2.24, 2.45) is 11.8 Å². The number of fused-ring (bicyclic) bond motifs is 1. The van der Waals surface area contributed by atoms with Crippen LogP contribution in [0.4, 0.5) is 5.69 Å². The molecule has 3 fully saturated rings. The van der Waals surface area contributed by atoms with Crippen molar-refractivity contribution < 1.29 is 29.0 Å². The molecule has 0 aliphatic carbocycles. The molecule has 8 heteroatoms. The number of anilines is 1. The monoisotopic (exact) mass is 512 g/mol. The van der Waals surface area contributed by atoms with E-state index >= 15 is 0 Å². The molecule has 0 unspecified atom stereocenters. The maximum absolute atomic E-state index is 14.5. The molecule has 0 radical (unpaired) electrons. The highest BCUT2D eigenvalue weighted by molar-refractivity contribution is 6.05. The normalized spacial score (nSPS) is 27.9. The molecular formula is C29H40N2O6. The van der Waals surface area contributed by atoms with Gasteiger partial charge in [0.15, 0.2) is 0 Å². The van der Waals surface area contributed by atoms with Gasteiger partial charge in [0.1, 0.15) is 11.6 Å². The van der Waals surface area contributed by atoms with Crippen molar-refractivity contribution in [3.63, 3.8) is 0 Å². The average Bonchev–Trinajstić information content (AvgIpc) is 3.51. The number of aliphatic hydroxyl groups is 1. The molecule has 3 heterocycles. The molecular weight excluding hydrogens is 472 g/mol. The number of likely N-dealkylation sites (tertiary alicyclic amines) is 1. The summed E-state index contributed by atoms with van der Waals surface area (Å²) in [5.41, 5.74) is 1.73. The van der Waals surface area contributed by atoms with Crippen LogP contribution in [0, 0.1) is 25.7 Å². The number of unbranched alkanes of at least 4 members (excludes halogenated alkanes) is 3. The Balaban J connectivity index is 1.72. The second-order valence-electron chi connectivity index (χ2n) is 10.5. The summed E-state index contributed by atoms with van der Waals surface area (Å²) in [6.07, 6.45) is 5.54. The molecule has 37 heavy (non-hydrogen) atoms. The number of nitrogens with zero attached hydrogens (tertiary/aromatic N) is 2. The van der Waals surface area contributed by atoms with Gasteiger partial charge < -0.3 is 24.4 Å². The maximum Gasteiger partial charge on any atom is 0.312 e. The lowest BCUT2D eigenvalue weighted by Gasteiger charge is -2.37. The fraction of sp³-hybridized carbons (Fsp3) is 0.621. The van der Waals surface area contributed by atoms with Crippen molar-refractivity contribution in [3.8, 4) is 0 Å². The standard InChI is InChI=1S/C29H40N2O6/c1-5-15-30(21-18-19(3)11-12-20(21)4)27(34)25-29-14-13-22(37-29)23(28(35)36-6-2)24(29)26(33)31(25)16-9-7-8-10-17-32/h5,11-12,18,22-25,32H,1,6-10,13-17H2,2-4H3/t22-,23+,24+,25-,29+/m1/s1. The molecule has 8 nitrogen and oxygen atoms in total. The van der Waals surface area contributed by atoms with Crippen LogP contribution in [-0.4, -0.2) is 71.8 Å². The van der Waals surface area contributed by atoms with Crippen LogP contribution in [0.1, 0.15) is 56.6 Å². The van der Waals surface area contributed by atoms with Crippen LogP contribution in [-0.2, 0) is 23.9 Å². The van der Waals surface area contributed by atoms with Crippen molar-refractivity contribution in [1.29, 1.82) is 0 Å². The summed E-state index contributed by atoms with van der Waals surface area (Å²) in [6, 6.07) is 5.15. The van der Waals surface area contributed by atoms with Gasteiger partial charge in [0.25, 0.3) is 5.91 Å². The third-order valence-corrected chi connectivity index (χ3v) is 8.13. The Morgan fingerprint density at radius 1 is 1.27 bits per heavy atom. The smallest absolute Gasteiger partial charge is 0.312 e. The van der Waals surface area contributed by atoms with Crippen LogP contribution >= 0.6 is 0 Å². The van der Waals surface area contributed by atoms with E-state index in [1.165, 1.54) is 0 Å². The van der Waals surface area contributed by atoms with Gasteiger partial charge in [-0.1, -0.05) is 31.1 Å². The minimum Gasteiger partial charge on any atom is -0.466 e. The summed E-state index contributed by atoms with van der Waals surface area (Å²) in [5, 5.41) is 9.12. The van der Waals surface area contributed by atoms with Crippen molar-refractivity contribution in [1.82, 2.24) is 4.90 Å². The summed E-state index contributed by atoms with van der Waals surface area (Å²) in [4.78, 5) is 44.8. The van der Waals surface area contributed by atoms with E-state index in [-0.39, 0.29) is 25.0 Å². The van der Waals surface area contributed by atoms with Gasteiger partial charge in [-0.2, -0.15) is 0 Å². The number of hydrogen-bond acceptors (Lipinski definition) is 6. The van der Waals surface area contributed by atoms with Crippen molar-refractivity contribution in [2.75, 3.05) is 31.2 Å². The lowest BCUT2D eigenvalue weighted by Crippen LogP contribution is -2.56. The highest BCUT2D eigenvalue weighted by Crippen LogP contribution is 2.59. The van der Waals surface area contributed by atoms with Crippen molar-refractivity contribution >= 4 is 23.5 Å². The quantitative estimate of drug-likeness (QED) is 0.262. The number of aliphatic hydroxyl groups excluding tert-OH is 1. The number of aryl methyl sites for hydroxylation is 2. The lowest BCUT2D eigenvalue weighted by atomic mass is 9.70. The highest BCUT2D eigenvalue weighted by Gasteiger charge is 2.75. The first-order valence-electron chi connectivity index (χ1n) is 13.6. The molecule has 1 aromatic carbocycles. The molecule has 0 saturated carbocycles. The number of amides is 2. The van der Waals surface area contributed by atoms with E-state index in [1.54, 1.807) is 22.8 Å². The topological polar surface area (TPSA) is 96.4 Å². The lowest BCUT2D eigenvalue weighted by molar-refractivity contribution is -0.154. The first kappa shape index (κ1) is 27.3. The maximum atomic E-state index is 14.5. The molecule has 2 bridgehead atoms. The Bertz CT molecular complexity index is 1040. The van der Waals surface area contributed by atoms with E-state index in [4.69, 9.17) is 14.6 Å². The molecule has 4 rings (SSSR count). The van der Waals surface area contributed by atoms with Gasteiger partial charge in [-0.15, -0.1) is 6.58 Å². The molecule has 3 aliphatic heterocycles. The largest absolute Gasteiger partial charge is 0.466 e. The van der Waals surface area contributed by atoms with Gasteiger partial charge in [-0.3, -0.25) is 14.4 Å². The van der Waals surface area contributed by atoms with Crippen LogP contribution in [0.3, 0.4) is 0 Å². The third-order valence-electron chi connectivity index (χ3n) is 8.13. The summed E-state index contributed by atoms with van der Waals surface area (Å²) >= 11 is 0. The van der Waals surface area contributed by atoms with E-state index in [1.807, 2.05) is 32.0 Å². The summed E-state index contributed by atoms with van der Waals surface area (Å²) < 4.78 is 11.8. The Labute approximate surface area is 219 Å². The number of carbonyl (C=O) groups excluding carboxylic acids is 3. The van der Waals surface area contributed by atoms with E-state index < -0.39 is 35.6 Å². The summed E-state index contributed by atoms with van der Waals surface area (Å²) in [5.74, 6) is -2.23. The van der Waals surface area contributed by atoms with Crippen molar-refractivity contribution in [3.05, 3.63) is 42.0 Å². The van der Waals surface area contributed by atoms with Crippen LogP contribution < -0.4 is 4.90 Å². The molecule has 3 aliphatic rings. The van der Waals surface area contributed by atoms with Crippen LogP contribution in [0.5, 0.6) is 0 Å². The van der Waals surface area contributed by atoms with E-state index in [2.05, 4.69) is 6.58 Å². The van der Waals surface area contributed by atoms with E-state index in [0.717, 1.165) is 29.7 Å². The van der Waals surface area contributed by atoms with Gasteiger partial charge in [0.2, 0.25) is 5.91 Å². The summed E-state index contributed by atoms with van der Waals surface area (Å²) in [7, 11) is 0. The molecule has 5 atom stereocenters. The molecule has 3 saturated heterocycles. The number of benzene rings is 1. The van der Waals surface area contributed by atoms with Crippen molar-refractivity contribution in [2.45, 2.75) is 77.0 Å². The number of esters is 1. The van der Waals surface area contributed by atoms with Crippen LogP contribution in [0.2, 0.25) is 0 Å². The van der Waals surface area contributed by atoms with E-state index in [9.17, 15) is 14.4 Å². The first-order valence-corrected chi connectivity index (χ1v) is 13.6. The fourth-order valence-electron chi connectivity index (χ4n) is 6.52. The van der Waals surface area contributed by atoms with Gasteiger partial charge in [-0.05, 0) is 63.6 Å². The second-order valence-corrected chi connectivity index (χ2v) is 10.5. The fourth-order valence-corrected chi connectivity index (χ4v) is 6.52. The zero-order valence-electron chi connectivity index (χ0n) is 22.3. The Hall–Kier alpha value is -2.71. The number of ether oxygens (including phenoxy) is 2. The minimum absolute atomic E-state index is 0.137. The number of hydrogen-bond donors (Lipinski definition) is 1. The zero-order valence-corrected chi connectivity index (χ0v) is 22.3. The molecule has 2 amide bonds. The molecule has 1 aromatic rings. The molecule has 1 spiro atoms. The second kappa shape index (κ2) is 11.4. The predicted molar refractivity (Wildman–Crippen MR) is 140 cm³/mol. The van der Waals surface area contributed by atoms with Crippen LogP contribution in [0.15, 0.2) is 30.9 Å². The highest BCUT2D eigenvalue weighted by atomic mass is 16.6. The number of carbonyl (C=O) groups is 3. The number of rotatable bonds is 12. The Kier molecular flexibility index (Phi) is 8.39. The first-order chi connectivity index (χ1) is 17.8. The molecule has 0 aromatic heterocycles. The van der Waals surface area contributed by atoms with Gasteiger partial charge in [0, 0.05) is 25.4 Å². The van der Waals surface area contributed by atoms with E-state index in [0.29, 0.717) is 38.8 Å². The SMILES string of the molecule is C=CCN(C(=O)[C@H]1N(CCCCCCO)C(=O)[C@@H]2[C@@H](C(=O)OCC)[C@H]3CC[C@]21O3)c1cc(C)ccc1C.